The lowest BCUT2D eigenvalue weighted by Gasteiger charge is -2.19. The molecule has 0 saturated heterocycles. The highest BCUT2D eigenvalue weighted by Crippen LogP contribution is 2.33. The van der Waals surface area contributed by atoms with E-state index in [4.69, 9.17) is 14.2 Å². The van der Waals surface area contributed by atoms with Gasteiger partial charge < -0.3 is 19.3 Å². The number of rotatable bonds is 7. The van der Waals surface area contributed by atoms with Crippen molar-refractivity contribution >= 4 is 5.78 Å². The monoisotopic (exact) mass is 474 g/mol. The van der Waals surface area contributed by atoms with Crippen LogP contribution in [0.15, 0.2) is 47.3 Å². The molecule has 4 rings (SSSR count). The first kappa shape index (κ1) is 23.9. The highest BCUT2D eigenvalue weighted by molar-refractivity contribution is 6.03. The Balaban J connectivity index is 1.68. The van der Waals surface area contributed by atoms with E-state index in [-0.39, 0.29) is 30.0 Å². The third kappa shape index (κ3) is 4.58. The summed E-state index contributed by atoms with van der Waals surface area (Å²) in [5.41, 5.74) is 0.877. The Morgan fingerprint density at radius 1 is 1.14 bits per heavy atom. The van der Waals surface area contributed by atoms with Crippen LogP contribution in [-0.4, -0.2) is 28.4 Å². The maximum Gasteiger partial charge on any atom is 0.271 e. The number of pyridine rings is 1. The van der Waals surface area contributed by atoms with Gasteiger partial charge in [-0.2, -0.15) is 5.26 Å². The standard InChI is InChI=1S/C27H26N2O6/c1-15(2)19-6-8-20(9-7-19)35-17(4)25(30)24-16(3)21(12-28)26(31)29(27(24)32)13-18-5-10-22-23(11-18)34-14-33-22/h5-11,15,17,32H,13-14H2,1-4H3. The number of hydrogen-bond donors (Lipinski definition) is 1. The van der Waals surface area contributed by atoms with Crippen LogP contribution in [0.4, 0.5) is 0 Å². The van der Waals surface area contributed by atoms with Crippen molar-refractivity contribution in [1.82, 2.24) is 4.57 Å². The van der Waals surface area contributed by atoms with E-state index in [0.29, 0.717) is 28.7 Å². The van der Waals surface area contributed by atoms with Gasteiger partial charge in [0.2, 0.25) is 18.5 Å². The van der Waals surface area contributed by atoms with E-state index < -0.39 is 23.3 Å². The Kier molecular flexibility index (Phi) is 6.52. The molecule has 1 aromatic heterocycles. The van der Waals surface area contributed by atoms with Gasteiger partial charge in [0.05, 0.1) is 12.1 Å². The Morgan fingerprint density at radius 3 is 2.49 bits per heavy atom. The van der Waals surface area contributed by atoms with Gasteiger partial charge in [0.25, 0.3) is 5.56 Å². The minimum Gasteiger partial charge on any atom is -0.494 e. The van der Waals surface area contributed by atoms with Crippen molar-refractivity contribution in [3.63, 3.8) is 0 Å². The van der Waals surface area contributed by atoms with Gasteiger partial charge in [-0.3, -0.25) is 14.2 Å². The van der Waals surface area contributed by atoms with Crippen LogP contribution in [0.25, 0.3) is 0 Å². The minimum atomic E-state index is -0.965. The van der Waals surface area contributed by atoms with Crippen molar-refractivity contribution in [3.8, 4) is 29.2 Å². The lowest BCUT2D eigenvalue weighted by Crippen LogP contribution is -2.31. The molecule has 8 nitrogen and oxygen atoms in total. The lowest BCUT2D eigenvalue weighted by molar-refractivity contribution is 0.0812. The normalized spacial score (nSPS) is 12.9. The van der Waals surface area contributed by atoms with Gasteiger partial charge in [0.1, 0.15) is 17.4 Å². The second kappa shape index (κ2) is 9.55. The molecule has 1 unspecified atom stereocenters. The van der Waals surface area contributed by atoms with Gasteiger partial charge >= 0.3 is 0 Å². The number of carbonyl (C=O) groups excluding carboxylic acids is 1. The molecule has 1 aliphatic rings. The predicted octanol–water partition coefficient (Wildman–Crippen LogP) is 4.28. The molecule has 2 heterocycles. The van der Waals surface area contributed by atoms with E-state index in [1.54, 1.807) is 37.3 Å². The average molecular weight is 475 g/mol. The fraction of sp³-hybridized carbons (Fsp3) is 0.296. The maximum absolute atomic E-state index is 13.4. The molecule has 0 saturated carbocycles. The molecule has 2 aromatic carbocycles. The van der Waals surface area contributed by atoms with Gasteiger partial charge in [-0.15, -0.1) is 0 Å². The number of ether oxygens (including phenoxy) is 3. The molecule has 1 atom stereocenters. The zero-order valence-corrected chi connectivity index (χ0v) is 20.0. The van der Waals surface area contributed by atoms with Crippen LogP contribution in [0.2, 0.25) is 0 Å². The maximum atomic E-state index is 13.4. The van der Waals surface area contributed by atoms with E-state index in [0.717, 1.165) is 10.1 Å². The first-order valence-electron chi connectivity index (χ1n) is 11.3. The predicted molar refractivity (Wildman–Crippen MR) is 128 cm³/mol. The van der Waals surface area contributed by atoms with Gasteiger partial charge in [0.15, 0.2) is 17.6 Å². The lowest BCUT2D eigenvalue weighted by atomic mass is 9.99. The van der Waals surface area contributed by atoms with Crippen LogP contribution in [0.3, 0.4) is 0 Å². The fourth-order valence-electron chi connectivity index (χ4n) is 4.01. The number of hydrogen-bond acceptors (Lipinski definition) is 7. The molecular weight excluding hydrogens is 448 g/mol. The number of fused-ring (bicyclic) bond motifs is 1. The number of nitriles is 1. The number of aromatic nitrogens is 1. The molecule has 3 aromatic rings. The highest BCUT2D eigenvalue weighted by Gasteiger charge is 2.28. The minimum absolute atomic E-state index is 0.0670. The molecule has 0 bridgehead atoms. The molecule has 0 amide bonds. The molecule has 35 heavy (non-hydrogen) atoms. The topological polar surface area (TPSA) is 111 Å². The van der Waals surface area contributed by atoms with Gasteiger partial charge in [-0.05, 0) is 60.7 Å². The van der Waals surface area contributed by atoms with E-state index in [1.165, 1.54) is 6.92 Å². The van der Waals surface area contributed by atoms with Crippen LogP contribution in [0.5, 0.6) is 23.1 Å². The third-order valence-electron chi connectivity index (χ3n) is 6.05. The average Bonchev–Trinajstić information content (AvgIpc) is 3.30. The number of nitrogens with zero attached hydrogens (tertiary/aromatic N) is 2. The van der Waals surface area contributed by atoms with Gasteiger partial charge in [0, 0.05) is 0 Å². The van der Waals surface area contributed by atoms with Crippen LogP contribution in [-0.2, 0) is 6.54 Å². The Hall–Kier alpha value is -4.25. The van der Waals surface area contributed by atoms with Crippen LogP contribution in [0, 0.1) is 18.3 Å². The van der Waals surface area contributed by atoms with Crippen molar-refractivity contribution in [2.75, 3.05) is 6.79 Å². The van der Waals surface area contributed by atoms with Crippen molar-refractivity contribution in [3.05, 3.63) is 80.6 Å². The summed E-state index contributed by atoms with van der Waals surface area (Å²) in [4.78, 5) is 26.3. The summed E-state index contributed by atoms with van der Waals surface area (Å²) in [7, 11) is 0. The molecule has 1 N–H and O–H groups in total. The summed E-state index contributed by atoms with van der Waals surface area (Å²) in [6, 6.07) is 14.4. The smallest absolute Gasteiger partial charge is 0.271 e. The summed E-state index contributed by atoms with van der Waals surface area (Å²) in [5, 5.41) is 20.7. The van der Waals surface area contributed by atoms with Crippen LogP contribution < -0.4 is 19.8 Å². The largest absolute Gasteiger partial charge is 0.494 e. The highest BCUT2D eigenvalue weighted by atomic mass is 16.7. The zero-order chi connectivity index (χ0) is 25.3. The van der Waals surface area contributed by atoms with Crippen LogP contribution in [0.1, 0.15) is 59.3 Å². The zero-order valence-electron chi connectivity index (χ0n) is 20.0. The SMILES string of the molecule is Cc1c(C(=O)C(C)Oc2ccc(C(C)C)cc2)c(O)n(Cc2ccc3c(c2)OCO3)c(=O)c1C#N. The fourth-order valence-corrected chi connectivity index (χ4v) is 4.01. The quantitative estimate of drug-likeness (QED) is 0.509. The molecule has 0 fully saturated rings. The second-order valence-electron chi connectivity index (χ2n) is 8.74. The molecule has 8 heteroatoms. The van der Waals surface area contributed by atoms with Crippen molar-refractivity contribution in [2.45, 2.75) is 46.3 Å². The molecule has 180 valence electrons. The second-order valence-corrected chi connectivity index (χ2v) is 8.74. The first-order chi connectivity index (χ1) is 16.7. The van der Waals surface area contributed by atoms with Crippen LogP contribution >= 0.6 is 0 Å². The number of Topliss-reactive ketones (excluding diaryl/α,β-unsaturated/α-hetero) is 1. The Labute approximate surface area is 202 Å². The summed E-state index contributed by atoms with van der Waals surface area (Å²) in [6.07, 6.45) is -0.965. The van der Waals surface area contributed by atoms with E-state index >= 15 is 0 Å². The number of ketones is 1. The van der Waals surface area contributed by atoms with Gasteiger partial charge in [-0.25, -0.2) is 0 Å². The molecule has 0 aliphatic carbocycles. The van der Waals surface area contributed by atoms with Crippen molar-refractivity contribution < 1.29 is 24.1 Å². The summed E-state index contributed by atoms with van der Waals surface area (Å²) >= 11 is 0. The summed E-state index contributed by atoms with van der Waals surface area (Å²) in [5.74, 6) is 0.905. The van der Waals surface area contributed by atoms with Crippen molar-refractivity contribution in [1.29, 1.82) is 5.26 Å². The summed E-state index contributed by atoms with van der Waals surface area (Å²) < 4.78 is 17.5. The molecular formula is C27H26N2O6. The van der Waals surface area contributed by atoms with Gasteiger partial charge in [-0.1, -0.05) is 32.0 Å². The first-order valence-corrected chi connectivity index (χ1v) is 11.3. The van der Waals surface area contributed by atoms with E-state index in [9.17, 15) is 20.0 Å². The molecule has 0 radical (unpaired) electrons. The Bertz CT molecular complexity index is 1380. The Morgan fingerprint density at radius 2 is 1.83 bits per heavy atom. The number of aromatic hydroxyl groups is 1. The van der Waals surface area contributed by atoms with E-state index in [1.807, 2.05) is 18.2 Å². The number of carbonyl (C=O) groups is 1. The van der Waals surface area contributed by atoms with E-state index in [2.05, 4.69) is 13.8 Å². The third-order valence-corrected chi connectivity index (χ3v) is 6.05. The van der Waals surface area contributed by atoms with Crippen molar-refractivity contribution in [2.24, 2.45) is 0 Å². The molecule has 1 aliphatic heterocycles. The molecule has 0 spiro atoms. The summed E-state index contributed by atoms with van der Waals surface area (Å²) in [6.45, 7) is 7.24. The number of benzene rings is 2.